The van der Waals surface area contributed by atoms with Crippen molar-refractivity contribution in [1.82, 2.24) is 5.32 Å². The average Bonchev–Trinajstić information content (AvgIpc) is 2.01. The molecule has 2 heteroatoms. The molecule has 1 aliphatic carbocycles. The van der Waals surface area contributed by atoms with Crippen LogP contribution in [0.5, 0.6) is 0 Å². The Morgan fingerprint density at radius 2 is 1.91 bits per heavy atom. The Labute approximate surface area is 68.3 Å². The fourth-order valence-electron chi connectivity index (χ4n) is 2.40. The Morgan fingerprint density at radius 3 is 2.45 bits per heavy atom. The smallest absolute Gasteiger partial charge is 0.0471 e. The molecule has 0 aromatic rings. The van der Waals surface area contributed by atoms with Crippen LogP contribution < -0.4 is 5.32 Å². The predicted octanol–water partition coefficient (Wildman–Crippen LogP) is 1.16. The molecule has 0 unspecified atom stereocenters. The van der Waals surface area contributed by atoms with E-state index in [0.29, 0.717) is 5.41 Å². The Kier molecular flexibility index (Phi) is 1.90. The molecule has 1 heterocycles. The highest BCUT2D eigenvalue weighted by Gasteiger charge is 2.43. The van der Waals surface area contributed by atoms with Gasteiger partial charge in [-0.1, -0.05) is 0 Å². The van der Waals surface area contributed by atoms with Crippen LogP contribution in [0, 0.1) is 5.41 Å². The second-order valence-electron chi connectivity index (χ2n) is 4.01. The molecule has 0 aromatic heterocycles. The van der Waals surface area contributed by atoms with Gasteiger partial charge in [0, 0.05) is 19.3 Å². The van der Waals surface area contributed by atoms with Gasteiger partial charge < -0.3 is 10.1 Å². The van der Waals surface area contributed by atoms with Gasteiger partial charge in [0.25, 0.3) is 0 Å². The summed E-state index contributed by atoms with van der Waals surface area (Å²) < 4.78 is 5.35. The molecule has 1 saturated heterocycles. The minimum Gasteiger partial charge on any atom is -0.381 e. The van der Waals surface area contributed by atoms with Gasteiger partial charge in [-0.3, -0.25) is 0 Å². The van der Waals surface area contributed by atoms with Crippen LogP contribution in [0.15, 0.2) is 0 Å². The van der Waals surface area contributed by atoms with E-state index in [9.17, 15) is 0 Å². The largest absolute Gasteiger partial charge is 0.381 e. The molecule has 64 valence electrons. The van der Waals surface area contributed by atoms with E-state index in [4.69, 9.17) is 4.74 Å². The Balaban J connectivity index is 1.84. The van der Waals surface area contributed by atoms with Crippen LogP contribution in [0.25, 0.3) is 0 Å². The minimum absolute atomic E-state index is 0.686. The lowest BCUT2D eigenvalue weighted by molar-refractivity contribution is -0.0436. The van der Waals surface area contributed by atoms with Crippen LogP contribution in [0.3, 0.4) is 0 Å². The van der Waals surface area contributed by atoms with Crippen molar-refractivity contribution >= 4 is 0 Å². The molecule has 0 amide bonds. The van der Waals surface area contributed by atoms with Gasteiger partial charge in [0.2, 0.25) is 0 Å². The number of rotatable bonds is 1. The van der Waals surface area contributed by atoms with Gasteiger partial charge in [0.1, 0.15) is 0 Å². The molecular formula is C9H17NO. The Hall–Kier alpha value is -0.0800. The number of nitrogens with one attached hydrogen (secondary N) is 1. The highest BCUT2D eigenvalue weighted by Crippen LogP contribution is 2.48. The molecule has 0 radical (unpaired) electrons. The first kappa shape index (κ1) is 7.56. The Morgan fingerprint density at radius 1 is 1.27 bits per heavy atom. The maximum atomic E-state index is 5.35. The third-order valence-electron chi connectivity index (χ3n) is 3.32. The summed E-state index contributed by atoms with van der Waals surface area (Å²) >= 11 is 0. The van der Waals surface area contributed by atoms with E-state index in [-0.39, 0.29) is 0 Å². The van der Waals surface area contributed by atoms with Crippen LogP contribution in [0.1, 0.15) is 25.7 Å². The van der Waals surface area contributed by atoms with E-state index in [2.05, 4.69) is 12.4 Å². The van der Waals surface area contributed by atoms with E-state index in [1.165, 1.54) is 25.7 Å². The molecule has 1 aliphatic heterocycles. The zero-order chi connectivity index (χ0) is 7.73. The number of ether oxygens (including phenoxy) is 1. The first-order chi connectivity index (χ1) is 5.35. The maximum absolute atomic E-state index is 5.35. The van der Waals surface area contributed by atoms with Crippen LogP contribution in [0.2, 0.25) is 0 Å². The third-order valence-corrected chi connectivity index (χ3v) is 3.32. The molecule has 2 rings (SSSR count). The van der Waals surface area contributed by atoms with Crippen molar-refractivity contribution in [3.05, 3.63) is 0 Å². The van der Waals surface area contributed by atoms with Gasteiger partial charge in [-0.15, -0.1) is 0 Å². The molecule has 0 bridgehead atoms. The summed E-state index contributed by atoms with van der Waals surface area (Å²) in [6, 6.07) is 0.799. The van der Waals surface area contributed by atoms with E-state index >= 15 is 0 Å². The normalized spacial score (nSPS) is 30.3. The minimum atomic E-state index is 0.686. The zero-order valence-corrected chi connectivity index (χ0v) is 7.23. The summed E-state index contributed by atoms with van der Waals surface area (Å²) in [5.74, 6) is 0. The Bertz CT molecular complexity index is 132. The van der Waals surface area contributed by atoms with Crippen LogP contribution in [0.4, 0.5) is 0 Å². The van der Waals surface area contributed by atoms with Gasteiger partial charge in [0.15, 0.2) is 0 Å². The van der Waals surface area contributed by atoms with Crippen molar-refractivity contribution in [3.8, 4) is 0 Å². The van der Waals surface area contributed by atoms with Gasteiger partial charge in [0.05, 0.1) is 0 Å². The number of hydrogen-bond donors (Lipinski definition) is 1. The van der Waals surface area contributed by atoms with Gasteiger partial charge in [-0.05, 0) is 38.1 Å². The molecule has 11 heavy (non-hydrogen) atoms. The first-order valence-electron chi connectivity index (χ1n) is 4.60. The molecular weight excluding hydrogens is 138 g/mol. The van der Waals surface area contributed by atoms with Gasteiger partial charge in [-0.2, -0.15) is 0 Å². The quantitative estimate of drug-likeness (QED) is 0.613. The fraction of sp³-hybridized carbons (Fsp3) is 1.00. The molecule has 2 aliphatic rings. The van der Waals surface area contributed by atoms with Crippen molar-refractivity contribution in [3.63, 3.8) is 0 Å². The number of hydrogen-bond acceptors (Lipinski definition) is 2. The van der Waals surface area contributed by atoms with Crippen molar-refractivity contribution in [2.75, 3.05) is 20.3 Å². The lowest BCUT2D eigenvalue weighted by Crippen LogP contribution is -2.50. The molecule has 0 aromatic carbocycles. The average molecular weight is 155 g/mol. The predicted molar refractivity (Wildman–Crippen MR) is 44.6 cm³/mol. The van der Waals surface area contributed by atoms with Crippen molar-refractivity contribution in [2.24, 2.45) is 5.41 Å². The van der Waals surface area contributed by atoms with Crippen molar-refractivity contribution < 1.29 is 4.74 Å². The topological polar surface area (TPSA) is 21.3 Å². The molecule has 0 atom stereocenters. The summed E-state index contributed by atoms with van der Waals surface area (Å²) in [5.41, 5.74) is 0.686. The highest BCUT2D eigenvalue weighted by atomic mass is 16.5. The molecule has 1 spiro atoms. The zero-order valence-electron chi connectivity index (χ0n) is 7.23. The van der Waals surface area contributed by atoms with E-state index < -0.39 is 0 Å². The SMILES string of the molecule is CNC1CC2(CCOCC2)C1. The van der Waals surface area contributed by atoms with Crippen LogP contribution in [-0.2, 0) is 4.74 Å². The summed E-state index contributed by atoms with van der Waals surface area (Å²) in [7, 11) is 2.07. The monoisotopic (exact) mass is 155 g/mol. The summed E-state index contributed by atoms with van der Waals surface area (Å²) in [5, 5.41) is 3.33. The van der Waals surface area contributed by atoms with E-state index in [0.717, 1.165) is 19.3 Å². The second-order valence-corrected chi connectivity index (χ2v) is 4.01. The van der Waals surface area contributed by atoms with Crippen LogP contribution >= 0.6 is 0 Å². The second kappa shape index (κ2) is 2.76. The molecule has 1 saturated carbocycles. The van der Waals surface area contributed by atoms with Crippen molar-refractivity contribution in [1.29, 1.82) is 0 Å². The lowest BCUT2D eigenvalue weighted by atomic mass is 9.61. The maximum Gasteiger partial charge on any atom is 0.0471 e. The van der Waals surface area contributed by atoms with E-state index in [1.54, 1.807) is 0 Å². The third kappa shape index (κ3) is 1.30. The molecule has 1 N–H and O–H groups in total. The van der Waals surface area contributed by atoms with Crippen molar-refractivity contribution in [2.45, 2.75) is 31.7 Å². The van der Waals surface area contributed by atoms with Gasteiger partial charge in [-0.25, -0.2) is 0 Å². The molecule has 2 nitrogen and oxygen atoms in total. The standard InChI is InChI=1S/C9H17NO/c1-10-8-6-9(7-8)2-4-11-5-3-9/h8,10H,2-7H2,1H3. The van der Waals surface area contributed by atoms with E-state index in [1.807, 2.05) is 0 Å². The summed E-state index contributed by atoms with van der Waals surface area (Å²) in [6.07, 6.45) is 5.36. The summed E-state index contributed by atoms with van der Waals surface area (Å²) in [4.78, 5) is 0. The lowest BCUT2D eigenvalue weighted by Gasteiger charge is -2.50. The molecule has 2 fully saturated rings. The first-order valence-corrected chi connectivity index (χ1v) is 4.60. The highest BCUT2D eigenvalue weighted by molar-refractivity contribution is 4.97. The van der Waals surface area contributed by atoms with Gasteiger partial charge >= 0.3 is 0 Å². The fourth-order valence-corrected chi connectivity index (χ4v) is 2.40. The summed E-state index contributed by atoms with van der Waals surface area (Å²) in [6.45, 7) is 1.99. The van der Waals surface area contributed by atoms with Crippen LogP contribution in [-0.4, -0.2) is 26.3 Å².